The van der Waals surface area contributed by atoms with Gasteiger partial charge in [0, 0.05) is 5.39 Å². The third kappa shape index (κ3) is 3.28. The molecule has 0 saturated carbocycles. The van der Waals surface area contributed by atoms with Crippen molar-refractivity contribution in [2.45, 2.75) is 13.5 Å². The first-order valence-corrected chi connectivity index (χ1v) is 8.13. The van der Waals surface area contributed by atoms with E-state index in [4.69, 9.17) is 16.3 Å². The summed E-state index contributed by atoms with van der Waals surface area (Å²) in [5.74, 6) is -1.32. The summed E-state index contributed by atoms with van der Waals surface area (Å²) in [5, 5.41) is 0.197. The molecule has 0 spiro atoms. The van der Waals surface area contributed by atoms with Gasteiger partial charge in [0.2, 0.25) is 0 Å². The minimum atomic E-state index is -0.814. The maximum atomic E-state index is 13.7. The van der Waals surface area contributed by atoms with Crippen molar-refractivity contribution in [1.82, 2.24) is 4.57 Å². The lowest BCUT2D eigenvalue weighted by molar-refractivity contribution is 0.0524. The van der Waals surface area contributed by atoms with Crippen molar-refractivity contribution >= 4 is 28.5 Å². The van der Waals surface area contributed by atoms with Crippen molar-refractivity contribution in [3.05, 3.63) is 80.9 Å². The molecule has 6 heteroatoms. The normalized spacial score (nSPS) is 10.8. The average molecular weight is 360 g/mol. The van der Waals surface area contributed by atoms with Gasteiger partial charge >= 0.3 is 5.97 Å². The number of carbonyl (C=O) groups excluding carboxylic acids is 1. The molecule has 0 N–H and O–H groups in total. The Bertz CT molecular complexity index is 999. The van der Waals surface area contributed by atoms with Crippen LogP contribution in [0, 0.1) is 5.82 Å². The Morgan fingerprint density at radius 1 is 1.20 bits per heavy atom. The van der Waals surface area contributed by atoms with Crippen LogP contribution in [-0.4, -0.2) is 17.1 Å². The van der Waals surface area contributed by atoms with Gasteiger partial charge in [-0.1, -0.05) is 41.9 Å². The number of aromatic nitrogens is 1. The van der Waals surface area contributed by atoms with Gasteiger partial charge in [-0.3, -0.25) is 4.79 Å². The zero-order valence-corrected chi connectivity index (χ0v) is 14.2. The van der Waals surface area contributed by atoms with Crippen molar-refractivity contribution in [3.63, 3.8) is 0 Å². The number of pyridine rings is 1. The zero-order valence-electron chi connectivity index (χ0n) is 13.5. The van der Waals surface area contributed by atoms with Crippen molar-refractivity contribution in [3.8, 4) is 0 Å². The maximum absolute atomic E-state index is 13.7. The van der Waals surface area contributed by atoms with Crippen molar-refractivity contribution in [2.24, 2.45) is 0 Å². The predicted molar refractivity (Wildman–Crippen MR) is 94.7 cm³/mol. The second-order valence-electron chi connectivity index (χ2n) is 5.45. The standard InChI is InChI=1S/C19H15ClFNO3/c1-2-25-19(24)16-17(20)14-10-13(21)8-9-15(14)22(18(16)23)11-12-6-4-3-5-7-12/h3-10H,2,11H2,1H3. The third-order valence-corrected chi connectivity index (χ3v) is 4.22. The number of hydrogen-bond acceptors (Lipinski definition) is 3. The van der Waals surface area contributed by atoms with Gasteiger partial charge in [-0.25, -0.2) is 9.18 Å². The fourth-order valence-electron chi connectivity index (χ4n) is 2.70. The molecule has 0 fully saturated rings. The van der Waals surface area contributed by atoms with Crippen molar-refractivity contribution in [2.75, 3.05) is 6.61 Å². The van der Waals surface area contributed by atoms with E-state index in [9.17, 15) is 14.0 Å². The number of carbonyl (C=O) groups is 1. The summed E-state index contributed by atoms with van der Waals surface area (Å²) in [6.45, 7) is 1.97. The number of halogens is 2. The third-order valence-electron chi connectivity index (χ3n) is 3.83. The van der Waals surface area contributed by atoms with Gasteiger partial charge in [-0.2, -0.15) is 0 Å². The molecule has 4 nitrogen and oxygen atoms in total. The van der Waals surface area contributed by atoms with E-state index >= 15 is 0 Å². The molecule has 128 valence electrons. The SMILES string of the molecule is CCOC(=O)c1c(Cl)c2cc(F)ccc2n(Cc2ccccc2)c1=O. The lowest BCUT2D eigenvalue weighted by Crippen LogP contribution is -2.29. The molecule has 0 aliphatic rings. The van der Waals surface area contributed by atoms with Gasteiger partial charge in [0.25, 0.3) is 5.56 Å². The smallest absolute Gasteiger partial charge is 0.345 e. The highest BCUT2D eigenvalue weighted by Crippen LogP contribution is 2.27. The Hall–Kier alpha value is -2.66. The van der Waals surface area contributed by atoms with Crippen LogP contribution in [0.5, 0.6) is 0 Å². The minimum absolute atomic E-state index is 0.0951. The lowest BCUT2D eigenvalue weighted by Gasteiger charge is -2.15. The molecule has 25 heavy (non-hydrogen) atoms. The van der Waals surface area contributed by atoms with Crippen LogP contribution in [0.4, 0.5) is 4.39 Å². The van der Waals surface area contributed by atoms with E-state index in [1.54, 1.807) is 6.92 Å². The lowest BCUT2D eigenvalue weighted by atomic mass is 10.1. The molecule has 3 rings (SSSR count). The Balaban J connectivity index is 2.30. The largest absolute Gasteiger partial charge is 0.462 e. The summed E-state index contributed by atoms with van der Waals surface area (Å²) in [6.07, 6.45) is 0. The summed E-state index contributed by atoms with van der Waals surface area (Å²) >= 11 is 6.24. The van der Waals surface area contributed by atoms with Crippen LogP contribution < -0.4 is 5.56 Å². The summed E-state index contributed by atoms with van der Waals surface area (Å²) in [5.41, 5.74) is 0.476. The monoisotopic (exact) mass is 359 g/mol. The molecule has 0 radical (unpaired) electrons. The summed E-state index contributed by atoms with van der Waals surface area (Å²) in [4.78, 5) is 25.1. The minimum Gasteiger partial charge on any atom is -0.462 e. The Kier molecular flexibility index (Phi) is 4.86. The van der Waals surface area contributed by atoms with E-state index in [1.165, 1.54) is 22.8 Å². The number of fused-ring (bicyclic) bond motifs is 1. The highest BCUT2D eigenvalue weighted by molar-refractivity contribution is 6.38. The van der Waals surface area contributed by atoms with Crippen LogP contribution >= 0.6 is 11.6 Å². The van der Waals surface area contributed by atoms with Gasteiger partial charge < -0.3 is 9.30 Å². The second-order valence-corrected chi connectivity index (χ2v) is 5.83. The van der Waals surface area contributed by atoms with E-state index in [-0.39, 0.29) is 23.7 Å². The number of hydrogen-bond donors (Lipinski definition) is 0. The quantitative estimate of drug-likeness (QED) is 0.661. The Morgan fingerprint density at radius 3 is 2.60 bits per heavy atom. The second kappa shape index (κ2) is 7.07. The van der Waals surface area contributed by atoms with Gasteiger partial charge in [0.05, 0.1) is 23.7 Å². The molecule has 0 amide bonds. The number of rotatable bonds is 4. The summed E-state index contributed by atoms with van der Waals surface area (Å²) in [6, 6.07) is 13.2. The van der Waals surface area contributed by atoms with Crippen LogP contribution in [-0.2, 0) is 11.3 Å². The molecule has 0 aliphatic heterocycles. The van der Waals surface area contributed by atoms with E-state index in [0.29, 0.717) is 10.9 Å². The Morgan fingerprint density at radius 2 is 1.92 bits per heavy atom. The van der Waals surface area contributed by atoms with Crippen LogP contribution in [0.2, 0.25) is 5.02 Å². The van der Waals surface area contributed by atoms with E-state index in [2.05, 4.69) is 0 Å². The fraction of sp³-hybridized carbons (Fsp3) is 0.158. The van der Waals surface area contributed by atoms with Gasteiger partial charge in [-0.05, 0) is 30.7 Å². The number of esters is 1. The first-order chi connectivity index (χ1) is 12.0. The topological polar surface area (TPSA) is 48.3 Å². The number of benzene rings is 2. The van der Waals surface area contributed by atoms with E-state index in [0.717, 1.165) is 5.56 Å². The van der Waals surface area contributed by atoms with Crippen LogP contribution in [0.25, 0.3) is 10.9 Å². The van der Waals surface area contributed by atoms with Crippen LogP contribution in [0.15, 0.2) is 53.3 Å². The fourth-order valence-corrected chi connectivity index (χ4v) is 3.00. The first-order valence-electron chi connectivity index (χ1n) is 7.75. The summed E-state index contributed by atoms with van der Waals surface area (Å²) in [7, 11) is 0. The Labute approximate surface area is 148 Å². The van der Waals surface area contributed by atoms with Crippen molar-refractivity contribution in [1.29, 1.82) is 0 Å². The molecule has 0 bridgehead atoms. The molecule has 1 heterocycles. The molecule has 0 unspecified atom stereocenters. The first kappa shape index (κ1) is 17.2. The molecule has 0 atom stereocenters. The van der Waals surface area contributed by atoms with E-state index in [1.807, 2.05) is 30.3 Å². The number of nitrogens with zero attached hydrogens (tertiary/aromatic N) is 1. The number of ether oxygens (including phenoxy) is 1. The molecule has 0 saturated heterocycles. The maximum Gasteiger partial charge on any atom is 0.345 e. The van der Waals surface area contributed by atoms with E-state index < -0.39 is 17.3 Å². The average Bonchev–Trinajstić information content (AvgIpc) is 2.60. The molecule has 3 aromatic rings. The van der Waals surface area contributed by atoms with Crippen LogP contribution in [0.1, 0.15) is 22.8 Å². The highest BCUT2D eigenvalue weighted by Gasteiger charge is 2.22. The molecular formula is C19H15ClFNO3. The summed E-state index contributed by atoms with van der Waals surface area (Å²) < 4.78 is 20.0. The predicted octanol–water partition coefficient (Wildman–Crippen LogP) is 4.02. The molecule has 0 aliphatic carbocycles. The molecular weight excluding hydrogens is 345 g/mol. The van der Waals surface area contributed by atoms with Gasteiger partial charge in [-0.15, -0.1) is 0 Å². The highest BCUT2D eigenvalue weighted by atomic mass is 35.5. The van der Waals surface area contributed by atoms with Gasteiger partial charge in [0.1, 0.15) is 11.4 Å². The molecule has 1 aromatic heterocycles. The van der Waals surface area contributed by atoms with Crippen molar-refractivity contribution < 1.29 is 13.9 Å². The zero-order chi connectivity index (χ0) is 18.0. The van der Waals surface area contributed by atoms with Crippen LogP contribution in [0.3, 0.4) is 0 Å². The molecule has 2 aromatic carbocycles. The van der Waals surface area contributed by atoms with Gasteiger partial charge in [0.15, 0.2) is 0 Å².